The molecule has 0 aliphatic heterocycles. The van der Waals surface area contributed by atoms with Crippen LogP contribution in [0.1, 0.15) is 10.4 Å². The van der Waals surface area contributed by atoms with E-state index in [1.807, 2.05) is 23.6 Å². The Bertz CT molecular complexity index is 1080. The quantitative estimate of drug-likeness (QED) is 0.578. The molecule has 0 amide bonds. The van der Waals surface area contributed by atoms with Gasteiger partial charge >= 0.3 is 0 Å². The Hall–Kier alpha value is -2.86. The number of pyridine rings is 1. The van der Waals surface area contributed by atoms with Gasteiger partial charge in [-0.2, -0.15) is 0 Å². The maximum absolute atomic E-state index is 11.7. The van der Waals surface area contributed by atoms with Crippen LogP contribution in [0, 0.1) is 0 Å². The normalized spacial score (nSPS) is 11.1. The summed E-state index contributed by atoms with van der Waals surface area (Å²) in [6.07, 6.45) is 3.89. The number of carbonyl (C=O) groups is 1. The van der Waals surface area contributed by atoms with Gasteiger partial charge in [-0.3, -0.25) is 9.59 Å². The smallest absolute Gasteiger partial charge is 0.277 e. The van der Waals surface area contributed by atoms with Gasteiger partial charge in [0.2, 0.25) is 0 Å². The van der Waals surface area contributed by atoms with Gasteiger partial charge in [0.15, 0.2) is 5.52 Å². The minimum Gasteiger partial charge on any atom is -0.311 e. The van der Waals surface area contributed by atoms with E-state index in [1.54, 1.807) is 23.6 Å². The molecule has 1 N–H and O–H groups in total. The molecule has 3 heterocycles. The van der Waals surface area contributed by atoms with Crippen molar-refractivity contribution in [1.82, 2.24) is 15.0 Å². The molecule has 0 spiro atoms. The summed E-state index contributed by atoms with van der Waals surface area (Å²) >= 11 is 1.57. The third-order valence-corrected chi connectivity index (χ3v) is 4.47. The van der Waals surface area contributed by atoms with E-state index in [9.17, 15) is 9.59 Å². The molecule has 106 valence electrons. The Labute approximate surface area is 128 Å². The monoisotopic (exact) mass is 307 g/mol. The Balaban J connectivity index is 1.95. The Morgan fingerprint density at radius 2 is 2.09 bits per heavy atom. The van der Waals surface area contributed by atoms with E-state index in [2.05, 4.69) is 15.0 Å². The molecular formula is C16H9N3O2S. The van der Waals surface area contributed by atoms with Gasteiger partial charge in [0.1, 0.15) is 6.29 Å². The number of hydrogen-bond acceptors (Lipinski definition) is 5. The lowest BCUT2D eigenvalue weighted by molar-refractivity contribution is 0.112. The zero-order valence-electron chi connectivity index (χ0n) is 11.2. The molecule has 4 aromatic rings. The first-order valence-corrected chi connectivity index (χ1v) is 7.44. The fourth-order valence-corrected chi connectivity index (χ4v) is 3.46. The van der Waals surface area contributed by atoms with Crippen molar-refractivity contribution in [3.8, 4) is 11.1 Å². The average molecular weight is 307 g/mol. The minimum atomic E-state index is -0.248. The summed E-state index contributed by atoms with van der Waals surface area (Å²) < 4.78 is 1.04. The second kappa shape index (κ2) is 4.85. The second-order valence-electron chi connectivity index (χ2n) is 4.85. The lowest BCUT2D eigenvalue weighted by atomic mass is 10.1. The molecule has 4 rings (SSSR count). The van der Waals surface area contributed by atoms with Crippen LogP contribution in [0.15, 0.2) is 47.0 Å². The molecule has 0 fully saturated rings. The summed E-state index contributed by atoms with van der Waals surface area (Å²) in [4.78, 5) is 33.4. The highest BCUT2D eigenvalue weighted by Gasteiger charge is 2.10. The van der Waals surface area contributed by atoms with Gasteiger partial charge in [-0.1, -0.05) is 12.1 Å². The SMILES string of the molecule is O=Cc1ccc2c(-c3cnc4c(=O)[nH]cnc4c3)csc2c1. The van der Waals surface area contributed by atoms with Crippen molar-refractivity contribution in [1.29, 1.82) is 0 Å². The van der Waals surface area contributed by atoms with Gasteiger partial charge < -0.3 is 4.98 Å². The first-order valence-electron chi connectivity index (χ1n) is 6.56. The number of fused-ring (bicyclic) bond motifs is 2. The van der Waals surface area contributed by atoms with Gasteiger partial charge in [0.05, 0.1) is 11.8 Å². The number of nitrogens with zero attached hydrogens (tertiary/aromatic N) is 2. The minimum absolute atomic E-state index is 0.248. The number of hydrogen-bond donors (Lipinski definition) is 1. The molecule has 0 bridgehead atoms. The van der Waals surface area contributed by atoms with Crippen LogP contribution in [0.4, 0.5) is 0 Å². The van der Waals surface area contributed by atoms with Gasteiger partial charge in [-0.15, -0.1) is 11.3 Å². The predicted octanol–water partition coefficient (Wildman–Crippen LogP) is 3.01. The van der Waals surface area contributed by atoms with Crippen molar-refractivity contribution in [2.45, 2.75) is 0 Å². The highest BCUT2D eigenvalue weighted by molar-refractivity contribution is 7.17. The zero-order valence-corrected chi connectivity index (χ0v) is 12.1. The molecule has 0 unspecified atom stereocenters. The number of benzene rings is 1. The lowest BCUT2D eigenvalue weighted by Gasteiger charge is -2.01. The van der Waals surface area contributed by atoms with E-state index in [1.165, 1.54) is 6.33 Å². The number of aromatic amines is 1. The molecule has 0 aliphatic carbocycles. The molecule has 0 radical (unpaired) electrons. The Morgan fingerprint density at radius 3 is 2.95 bits per heavy atom. The molecule has 0 atom stereocenters. The van der Waals surface area contributed by atoms with Crippen LogP contribution in [0.5, 0.6) is 0 Å². The van der Waals surface area contributed by atoms with Crippen LogP contribution in [0.3, 0.4) is 0 Å². The van der Waals surface area contributed by atoms with Crippen molar-refractivity contribution in [3.05, 3.63) is 58.1 Å². The molecule has 3 aromatic heterocycles. The number of aldehydes is 1. The van der Waals surface area contributed by atoms with Crippen LogP contribution in [0.25, 0.3) is 32.2 Å². The maximum atomic E-state index is 11.7. The first kappa shape index (κ1) is 12.8. The summed E-state index contributed by atoms with van der Waals surface area (Å²) in [5.41, 5.74) is 3.22. The second-order valence-corrected chi connectivity index (χ2v) is 5.76. The summed E-state index contributed by atoms with van der Waals surface area (Å²) in [6.45, 7) is 0. The fourth-order valence-electron chi connectivity index (χ4n) is 2.44. The Kier molecular flexibility index (Phi) is 2.83. The Morgan fingerprint density at radius 1 is 1.18 bits per heavy atom. The first-order chi connectivity index (χ1) is 10.8. The van der Waals surface area contributed by atoms with Gasteiger partial charge in [-0.05, 0) is 17.5 Å². The summed E-state index contributed by atoms with van der Waals surface area (Å²) in [5.74, 6) is 0. The molecule has 0 aliphatic rings. The molecule has 0 saturated carbocycles. The van der Waals surface area contributed by atoms with Crippen LogP contribution >= 0.6 is 11.3 Å². The summed E-state index contributed by atoms with van der Waals surface area (Å²) in [5, 5.41) is 3.08. The van der Waals surface area contributed by atoms with Crippen LogP contribution in [-0.4, -0.2) is 21.2 Å². The zero-order chi connectivity index (χ0) is 15.1. The van der Waals surface area contributed by atoms with Crippen LogP contribution in [0.2, 0.25) is 0 Å². The van der Waals surface area contributed by atoms with Gasteiger partial charge in [0, 0.05) is 33.0 Å². The van der Waals surface area contributed by atoms with Crippen molar-refractivity contribution < 1.29 is 4.79 Å². The number of H-pyrrole nitrogens is 1. The van der Waals surface area contributed by atoms with Crippen LogP contribution in [-0.2, 0) is 0 Å². The third-order valence-electron chi connectivity index (χ3n) is 3.53. The van der Waals surface area contributed by atoms with E-state index >= 15 is 0 Å². The van der Waals surface area contributed by atoms with Gasteiger partial charge in [0.25, 0.3) is 5.56 Å². The fraction of sp³-hybridized carbons (Fsp3) is 0. The largest absolute Gasteiger partial charge is 0.311 e. The van der Waals surface area contributed by atoms with E-state index in [0.29, 0.717) is 16.6 Å². The number of aromatic nitrogens is 3. The number of nitrogens with one attached hydrogen (secondary N) is 1. The number of carbonyl (C=O) groups excluding carboxylic acids is 1. The van der Waals surface area contributed by atoms with E-state index in [-0.39, 0.29) is 5.56 Å². The van der Waals surface area contributed by atoms with Crippen molar-refractivity contribution >= 4 is 38.7 Å². The molecule has 5 nitrogen and oxygen atoms in total. The number of thiophene rings is 1. The highest BCUT2D eigenvalue weighted by Crippen LogP contribution is 2.34. The summed E-state index contributed by atoms with van der Waals surface area (Å²) in [7, 11) is 0. The molecular weight excluding hydrogens is 298 g/mol. The van der Waals surface area contributed by atoms with E-state index < -0.39 is 0 Å². The van der Waals surface area contributed by atoms with E-state index in [0.717, 1.165) is 27.5 Å². The lowest BCUT2D eigenvalue weighted by Crippen LogP contribution is -2.07. The van der Waals surface area contributed by atoms with Crippen LogP contribution < -0.4 is 5.56 Å². The van der Waals surface area contributed by atoms with Crippen molar-refractivity contribution in [3.63, 3.8) is 0 Å². The third kappa shape index (κ3) is 1.93. The van der Waals surface area contributed by atoms with Crippen molar-refractivity contribution in [2.75, 3.05) is 0 Å². The van der Waals surface area contributed by atoms with Gasteiger partial charge in [-0.25, -0.2) is 9.97 Å². The maximum Gasteiger partial charge on any atom is 0.277 e. The highest BCUT2D eigenvalue weighted by atomic mass is 32.1. The number of rotatable bonds is 2. The van der Waals surface area contributed by atoms with E-state index in [4.69, 9.17) is 0 Å². The van der Waals surface area contributed by atoms with Crippen molar-refractivity contribution in [2.24, 2.45) is 0 Å². The molecule has 1 aromatic carbocycles. The summed E-state index contributed by atoms with van der Waals surface area (Å²) in [6, 6.07) is 7.45. The average Bonchev–Trinajstić information content (AvgIpc) is 2.97. The standard InChI is InChI=1S/C16H9N3O2S/c20-6-9-1-2-11-12(7-22-14(11)3-9)10-4-13-15(17-5-10)16(21)19-8-18-13/h1-8H,(H,18,19,21). The molecule has 0 saturated heterocycles. The molecule has 22 heavy (non-hydrogen) atoms. The topological polar surface area (TPSA) is 75.7 Å². The predicted molar refractivity (Wildman–Crippen MR) is 86.4 cm³/mol. The molecule has 6 heteroatoms.